The van der Waals surface area contributed by atoms with E-state index in [4.69, 9.17) is 10.5 Å². The highest BCUT2D eigenvalue weighted by Crippen LogP contribution is 2.32. The van der Waals surface area contributed by atoms with Gasteiger partial charge in [-0.1, -0.05) is 0 Å². The van der Waals surface area contributed by atoms with Crippen molar-refractivity contribution < 1.29 is 19.6 Å². The summed E-state index contributed by atoms with van der Waals surface area (Å²) in [6.45, 7) is 0.724. The molecular weight excluding hydrogens is 278 g/mol. The van der Waals surface area contributed by atoms with E-state index in [9.17, 15) is 20.0 Å². The SMILES string of the molecule is NC(=O)c1ccc([N+](=O)[O-])c(NC2(CO)CCOCC2)c1. The summed E-state index contributed by atoms with van der Waals surface area (Å²) in [4.78, 5) is 21.8. The van der Waals surface area contributed by atoms with Gasteiger partial charge in [-0.2, -0.15) is 0 Å². The maximum absolute atomic E-state index is 11.2. The fourth-order valence-electron chi connectivity index (χ4n) is 2.32. The molecule has 1 aliphatic heterocycles. The third-order valence-electron chi connectivity index (χ3n) is 3.63. The molecule has 8 nitrogen and oxygen atoms in total. The summed E-state index contributed by atoms with van der Waals surface area (Å²) in [6, 6.07) is 3.88. The Labute approximate surface area is 121 Å². The van der Waals surface area contributed by atoms with Gasteiger partial charge in [0.15, 0.2) is 0 Å². The zero-order valence-electron chi connectivity index (χ0n) is 11.4. The lowest BCUT2D eigenvalue weighted by molar-refractivity contribution is -0.384. The minimum Gasteiger partial charge on any atom is -0.394 e. The number of amides is 1. The predicted molar refractivity (Wildman–Crippen MR) is 75.1 cm³/mol. The second-order valence-electron chi connectivity index (χ2n) is 5.03. The summed E-state index contributed by atoms with van der Waals surface area (Å²) in [5, 5.41) is 23.7. The molecule has 0 atom stereocenters. The number of hydrogen-bond acceptors (Lipinski definition) is 6. The van der Waals surface area contributed by atoms with Crippen LogP contribution in [0.1, 0.15) is 23.2 Å². The van der Waals surface area contributed by atoms with E-state index < -0.39 is 16.4 Å². The van der Waals surface area contributed by atoms with E-state index in [-0.39, 0.29) is 23.5 Å². The van der Waals surface area contributed by atoms with Gasteiger partial charge >= 0.3 is 0 Å². The summed E-state index contributed by atoms with van der Waals surface area (Å²) >= 11 is 0. The summed E-state index contributed by atoms with van der Waals surface area (Å²) in [5.41, 5.74) is 4.68. The molecule has 4 N–H and O–H groups in total. The number of hydrogen-bond donors (Lipinski definition) is 3. The van der Waals surface area contributed by atoms with E-state index in [1.165, 1.54) is 18.2 Å². The van der Waals surface area contributed by atoms with Crippen molar-refractivity contribution in [2.24, 2.45) is 5.73 Å². The first-order valence-electron chi connectivity index (χ1n) is 6.52. The molecule has 0 aromatic heterocycles. The first kappa shape index (κ1) is 15.2. The molecule has 0 unspecified atom stereocenters. The number of anilines is 1. The van der Waals surface area contributed by atoms with Gasteiger partial charge in [-0.15, -0.1) is 0 Å². The second kappa shape index (κ2) is 6.06. The lowest BCUT2D eigenvalue weighted by Gasteiger charge is -2.37. The molecule has 1 heterocycles. The molecule has 2 rings (SSSR count). The Bertz CT molecular complexity index is 555. The van der Waals surface area contributed by atoms with Crippen molar-refractivity contribution in [3.8, 4) is 0 Å². The molecule has 1 aromatic carbocycles. The van der Waals surface area contributed by atoms with E-state index in [1.54, 1.807) is 0 Å². The first-order chi connectivity index (χ1) is 9.97. The number of aliphatic hydroxyl groups is 1. The number of carbonyl (C=O) groups excluding carboxylic acids is 1. The molecule has 21 heavy (non-hydrogen) atoms. The van der Waals surface area contributed by atoms with E-state index in [2.05, 4.69) is 5.32 Å². The number of nitro groups is 1. The molecule has 114 valence electrons. The Morgan fingerprint density at radius 2 is 2.14 bits per heavy atom. The number of ether oxygens (including phenoxy) is 1. The lowest BCUT2D eigenvalue weighted by Crippen LogP contribution is -2.47. The van der Waals surface area contributed by atoms with E-state index in [0.29, 0.717) is 26.1 Å². The second-order valence-corrected chi connectivity index (χ2v) is 5.03. The quantitative estimate of drug-likeness (QED) is 0.540. The third kappa shape index (κ3) is 3.29. The fraction of sp³-hybridized carbons (Fsp3) is 0.462. The van der Waals surface area contributed by atoms with Crippen LogP contribution in [0, 0.1) is 10.1 Å². The van der Waals surface area contributed by atoms with Crippen molar-refractivity contribution in [2.45, 2.75) is 18.4 Å². The van der Waals surface area contributed by atoms with Crippen molar-refractivity contribution in [1.82, 2.24) is 0 Å². The molecule has 0 bridgehead atoms. The van der Waals surface area contributed by atoms with Crippen LogP contribution in [0.15, 0.2) is 18.2 Å². The zero-order chi connectivity index (χ0) is 15.5. The Morgan fingerprint density at radius 3 is 2.67 bits per heavy atom. The maximum atomic E-state index is 11.2. The zero-order valence-corrected chi connectivity index (χ0v) is 11.4. The van der Waals surface area contributed by atoms with Gasteiger partial charge < -0.3 is 20.9 Å². The molecule has 0 aliphatic carbocycles. The number of nitrogens with two attached hydrogens (primary N) is 1. The van der Waals surface area contributed by atoms with E-state index in [0.717, 1.165) is 0 Å². The van der Waals surface area contributed by atoms with Crippen LogP contribution in [0.25, 0.3) is 0 Å². The molecule has 1 aromatic rings. The lowest BCUT2D eigenvalue weighted by atomic mass is 9.90. The number of nitro benzene ring substituents is 1. The highest BCUT2D eigenvalue weighted by molar-refractivity contribution is 5.94. The van der Waals surface area contributed by atoms with E-state index in [1.807, 2.05) is 0 Å². The van der Waals surface area contributed by atoms with Crippen molar-refractivity contribution in [3.63, 3.8) is 0 Å². The summed E-state index contributed by atoms with van der Waals surface area (Å²) in [5.74, 6) is -0.669. The average Bonchev–Trinajstić information content (AvgIpc) is 2.47. The van der Waals surface area contributed by atoms with Gasteiger partial charge in [-0.25, -0.2) is 0 Å². The Morgan fingerprint density at radius 1 is 1.48 bits per heavy atom. The van der Waals surface area contributed by atoms with Crippen LogP contribution in [0.3, 0.4) is 0 Å². The van der Waals surface area contributed by atoms with Gasteiger partial charge in [0.05, 0.1) is 17.1 Å². The van der Waals surface area contributed by atoms with Gasteiger partial charge in [0.25, 0.3) is 5.69 Å². The molecule has 0 radical (unpaired) electrons. The van der Waals surface area contributed by atoms with Crippen LogP contribution >= 0.6 is 0 Å². The average molecular weight is 295 g/mol. The number of carbonyl (C=O) groups is 1. The molecule has 1 fully saturated rings. The molecule has 1 aliphatic rings. The Hall–Kier alpha value is -2.19. The largest absolute Gasteiger partial charge is 0.394 e. The molecule has 8 heteroatoms. The van der Waals surface area contributed by atoms with Crippen LogP contribution in [0.4, 0.5) is 11.4 Å². The fourth-order valence-corrected chi connectivity index (χ4v) is 2.32. The van der Waals surface area contributed by atoms with Crippen LogP contribution in [0.5, 0.6) is 0 Å². The molecular formula is C13H17N3O5. The Kier molecular flexibility index (Phi) is 4.39. The first-order valence-corrected chi connectivity index (χ1v) is 6.52. The smallest absolute Gasteiger partial charge is 0.292 e. The summed E-state index contributed by atoms with van der Waals surface area (Å²) < 4.78 is 5.24. The summed E-state index contributed by atoms with van der Waals surface area (Å²) in [7, 11) is 0. The third-order valence-corrected chi connectivity index (χ3v) is 3.63. The standard InChI is InChI=1S/C13H17N3O5/c14-12(18)9-1-2-11(16(19)20)10(7-9)15-13(8-17)3-5-21-6-4-13/h1-2,7,15,17H,3-6,8H2,(H2,14,18). The van der Waals surface area contributed by atoms with E-state index >= 15 is 0 Å². The van der Waals surface area contributed by atoms with Gasteiger partial charge in [0.1, 0.15) is 5.69 Å². The number of nitrogens with zero attached hydrogens (tertiary/aromatic N) is 1. The number of benzene rings is 1. The predicted octanol–water partition coefficient (Wildman–Crippen LogP) is 0.647. The molecule has 0 saturated carbocycles. The van der Waals surface area contributed by atoms with Gasteiger partial charge in [-0.3, -0.25) is 14.9 Å². The molecule has 1 saturated heterocycles. The van der Waals surface area contributed by atoms with Crippen molar-refractivity contribution in [2.75, 3.05) is 25.1 Å². The van der Waals surface area contributed by atoms with Gasteiger partial charge in [-0.05, 0) is 25.0 Å². The molecule has 1 amide bonds. The maximum Gasteiger partial charge on any atom is 0.292 e. The number of rotatable bonds is 5. The minimum atomic E-state index is -0.695. The number of aliphatic hydroxyl groups excluding tert-OH is 1. The minimum absolute atomic E-state index is 0.167. The van der Waals surface area contributed by atoms with Crippen molar-refractivity contribution in [1.29, 1.82) is 0 Å². The van der Waals surface area contributed by atoms with Crippen LogP contribution in [0.2, 0.25) is 0 Å². The van der Waals surface area contributed by atoms with Crippen LogP contribution in [-0.2, 0) is 4.74 Å². The normalized spacial score (nSPS) is 17.2. The van der Waals surface area contributed by atoms with Crippen molar-refractivity contribution in [3.05, 3.63) is 33.9 Å². The Balaban J connectivity index is 2.37. The monoisotopic (exact) mass is 295 g/mol. The molecule has 0 spiro atoms. The number of nitrogens with one attached hydrogen (secondary N) is 1. The van der Waals surface area contributed by atoms with Crippen molar-refractivity contribution >= 4 is 17.3 Å². The van der Waals surface area contributed by atoms with Gasteiger partial charge in [0, 0.05) is 24.8 Å². The summed E-state index contributed by atoms with van der Waals surface area (Å²) in [6.07, 6.45) is 1.03. The number of primary amides is 1. The highest BCUT2D eigenvalue weighted by atomic mass is 16.6. The highest BCUT2D eigenvalue weighted by Gasteiger charge is 2.33. The van der Waals surface area contributed by atoms with Crippen LogP contribution < -0.4 is 11.1 Å². The topological polar surface area (TPSA) is 128 Å². The van der Waals surface area contributed by atoms with Crippen LogP contribution in [-0.4, -0.2) is 41.3 Å². The van der Waals surface area contributed by atoms with Gasteiger partial charge in [0.2, 0.25) is 5.91 Å².